The van der Waals surface area contributed by atoms with Crippen molar-refractivity contribution in [3.63, 3.8) is 0 Å². The third kappa shape index (κ3) is 3.95. The average molecular weight is 282 g/mol. The van der Waals surface area contributed by atoms with Gasteiger partial charge in [0.25, 0.3) is 0 Å². The van der Waals surface area contributed by atoms with E-state index in [1.165, 1.54) is 52.4 Å². The predicted molar refractivity (Wildman–Crippen MR) is 80.6 cm³/mol. The molecule has 2 rings (SSSR count). The first kappa shape index (κ1) is 15.8. The summed E-state index contributed by atoms with van der Waals surface area (Å²) in [5.74, 6) is 0.768. The molecule has 0 spiro atoms. The Morgan fingerprint density at radius 3 is 2.55 bits per heavy atom. The number of ether oxygens (including phenoxy) is 1. The molecule has 1 unspecified atom stereocenters. The molecule has 0 radical (unpaired) electrons. The lowest BCUT2D eigenvalue weighted by Gasteiger charge is -2.36. The molecule has 0 aliphatic carbocycles. The van der Waals surface area contributed by atoms with E-state index < -0.39 is 0 Å². The maximum absolute atomic E-state index is 11.7. The van der Waals surface area contributed by atoms with Crippen LogP contribution in [0.25, 0.3) is 0 Å². The molecule has 0 aromatic carbocycles. The number of hydrogen-bond donors (Lipinski definition) is 1. The van der Waals surface area contributed by atoms with Crippen LogP contribution < -0.4 is 5.32 Å². The number of nitrogens with one attached hydrogen (secondary N) is 1. The molecule has 2 aliphatic heterocycles. The van der Waals surface area contributed by atoms with Gasteiger partial charge in [-0.2, -0.15) is 0 Å². The normalized spacial score (nSPS) is 25.9. The second-order valence-corrected chi connectivity index (χ2v) is 7.01. The van der Waals surface area contributed by atoms with Crippen molar-refractivity contribution in [2.75, 3.05) is 33.3 Å². The summed E-state index contributed by atoms with van der Waals surface area (Å²) in [6, 6.07) is 0.767. The highest BCUT2D eigenvalue weighted by molar-refractivity contribution is 5.75. The molecule has 0 aromatic heterocycles. The number of piperidine rings is 1. The van der Waals surface area contributed by atoms with Crippen LogP contribution in [0.15, 0.2) is 0 Å². The second kappa shape index (κ2) is 6.90. The molecule has 4 heteroatoms. The highest BCUT2D eigenvalue weighted by atomic mass is 16.5. The van der Waals surface area contributed by atoms with E-state index in [4.69, 9.17) is 4.74 Å². The number of hydrogen-bond acceptors (Lipinski definition) is 4. The van der Waals surface area contributed by atoms with Gasteiger partial charge in [0.05, 0.1) is 12.5 Å². The lowest BCUT2D eigenvalue weighted by Crippen LogP contribution is -2.42. The number of nitrogens with zero attached hydrogens (tertiary/aromatic N) is 1. The molecule has 2 heterocycles. The number of rotatable bonds is 5. The minimum atomic E-state index is -0.362. The fraction of sp³-hybridized carbons (Fsp3) is 0.938. The molecule has 0 saturated carbocycles. The highest BCUT2D eigenvalue weighted by Crippen LogP contribution is 2.27. The Labute approximate surface area is 123 Å². The van der Waals surface area contributed by atoms with E-state index in [9.17, 15) is 4.79 Å². The molecule has 0 amide bonds. The number of carbonyl (C=O) groups excluding carboxylic acids is 1. The summed E-state index contributed by atoms with van der Waals surface area (Å²) in [5.41, 5.74) is -0.362. The van der Waals surface area contributed by atoms with Crippen LogP contribution in [0.1, 0.15) is 46.0 Å². The van der Waals surface area contributed by atoms with Crippen LogP contribution >= 0.6 is 0 Å². The van der Waals surface area contributed by atoms with Gasteiger partial charge >= 0.3 is 5.97 Å². The van der Waals surface area contributed by atoms with Gasteiger partial charge < -0.3 is 15.0 Å². The number of methoxy groups -OCH3 is 1. The molecule has 116 valence electrons. The van der Waals surface area contributed by atoms with E-state index in [0.717, 1.165) is 24.9 Å². The molecule has 0 aromatic rings. The molecule has 2 saturated heterocycles. The zero-order chi connectivity index (χ0) is 14.6. The van der Waals surface area contributed by atoms with E-state index >= 15 is 0 Å². The molecular formula is C16H30N2O2. The average Bonchev–Trinajstić information content (AvgIpc) is 2.99. The Bertz CT molecular complexity index is 316. The van der Waals surface area contributed by atoms with Crippen LogP contribution in [0.5, 0.6) is 0 Å². The van der Waals surface area contributed by atoms with Gasteiger partial charge in [-0.3, -0.25) is 4.79 Å². The van der Waals surface area contributed by atoms with E-state index in [1.54, 1.807) is 0 Å². The van der Waals surface area contributed by atoms with Gasteiger partial charge in [-0.1, -0.05) is 0 Å². The van der Waals surface area contributed by atoms with Crippen molar-refractivity contribution in [1.82, 2.24) is 10.2 Å². The maximum Gasteiger partial charge on any atom is 0.311 e. The molecule has 0 bridgehead atoms. The van der Waals surface area contributed by atoms with Crippen molar-refractivity contribution in [3.8, 4) is 0 Å². The monoisotopic (exact) mass is 282 g/mol. The molecule has 1 atom stereocenters. The van der Waals surface area contributed by atoms with Gasteiger partial charge in [0.1, 0.15) is 0 Å². The summed E-state index contributed by atoms with van der Waals surface area (Å²) in [6.45, 7) is 8.54. The minimum Gasteiger partial charge on any atom is -0.469 e. The summed E-state index contributed by atoms with van der Waals surface area (Å²) in [6.07, 6.45) is 6.19. The molecule has 2 aliphatic rings. The van der Waals surface area contributed by atoms with Crippen LogP contribution in [-0.2, 0) is 9.53 Å². The zero-order valence-electron chi connectivity index (χ0n) is 13.3. The van der Waals surface area contributed by atoms with Gasteiger partial charge in [0.15, 0.2) is 0 Å². The topological polar surface area (TPSA) is 41.6 Å². The number of esters is 1. The smallest absolute Gasteiger partial charge is 0.311 e. The van der Waals surface area contributed by atoms with Crippen LogP contribution in [0.4, 0.5) is 0 Å². The van der Waals surface area contributed by atoms with Gasteiger partial charge in [0, 0.05) is 6.04 Å². The van der Waals surface area contributed by atoms with Crippen molar-refractivity contribution in [2.24, 2.45) is 11.3 Å². The summed E-state index contributed by atoms with van der Waals surface area (Å²) < 4.78 is 4.87. The van der Waals surface area contributed by atoms with Crippen LogP contribution in [0, 0.1) is 11.3 Å². The first-order chi connectivity index (χ1) is 9.53. The SMILES string of the molecule is COC(=O)C(C)(C)CCN1CCC(C2CCCN2)CC1. The summed E-state index contributed by atoms with van der Waals surface area (Å²) in [7, 11) is 1.48. The summed E-state index contributed by atoms with van der Waals surface area (Å²) >= 11 is 0. The van der Waals surface area contributed by atoms with E-state index in [0.29, 0.717) is 0 Å². The largest absolute Gasteiger partial charge is 0.469 e. The van der Waals surface area contributed by atoms with Gasteiger partial charge in [-0.15, -0.1) is 0 Å². The second-order valence-electron chi connectivity index (χ2n) is 7.01. The Morgan fingerprint density at radius 1 is 1.30 bits per heavy atom. The highest BCUT2D eigenvalue weighted by Gasteiger charge is 2.31. The first-order valence-electron chi connectivity index (χ1n) is 8.07. The fourth-order valence-electron chi connectivity index (χ4n) is 3.51. The first-order valence-corrected chi connectivity index (χ1v) is 8.07. The van der Waals surface area contributed by atoms with Crippen LogP contribution in [-0.4, -0.2) is 50.2 Å². The Kier molecular flexibility index (Phi) is 5.44. The van der Waals surface area contributed by atoms with Gasteiger partial charge in [-0.25, -0.2) is 0 Å². The van der Waals surface area contributed by atoms with Crippen molar-refractivity contribution in [2.45, 2.75) is 52.0 Å². The number of likely N-dealkylation sites (tertiary alicyclic amines) is 1. The van der Waals surface area contributed by atoms with Crippen LogP contribution in [0.2, 0.25) is 0 Å². The van der Waals surface area contributed by atoms with Crippen molar-refractivity contribution < 1.29 is 9.53 Å². The standard InChI is InChI=1S/C16H30N2O2/c1-16(2,15(19)20-3)8-12-18-10-6-13(7-11-18)14-5-4-9-17-14/h13-14,17H,4-12H2,1-3H3. The van der Waals surface area contributed by atoms with E-state index in [-0.39, 0.29) is 11.4 Å². The third-order valence-electron chi connectivity index (χ3n) is 5.09. The lowest BCUT2D eigenvalue weighted by atomic mass is 9.86. The molecule has 1 N–H and O–H groups in total. The Morgan fingerprint density at radius 2 is 2.00 bits per heavy atom. The third-order valence-corrected chi connectivity index (χ3v) is 5.09. The maximum atomic E-state index is 11.7. The van der Waals surface area contributed by atoms with Gasteiger partial charge in [0.2, 0.25) is 0 Å². The molecular weight excluding hydrogens is 252 g/mol. The summed E-state index contributed by atoms with van der Waals surface area (Å²) in [4.78, 5) is 14.2. The molecule has 4 nitrogen and oxygen atoms in total. The lowest BCUT2D eigenvalue weighted by molar-refractivity contribution is -0.151. The Balaban J connectivity index is 1.70. The van der Waals surface area contributed by atoms with Crippen molar-refractivity contribution in [3.05, 3.63) is 0 Å². The number of carbonyl (C=O) groups is 1. The molecule has 20 heavy (non-hydrogen) atoms. The fourth-order valence-corrected chi connectivity index (χ4v) is 3.51. The predicted octanol–water partition coefficient (Wildman–Crippen LogP) is 2.04. The van der Waals surface area contributed by atoms with Crippen molar-refractivity contribution >= 4 is 5.97 Å². The quantitative estimate of drug-likeness (QED) is 0.784. The zero-order valence-corrected chi connectivity index (χ0v) is 13.3. The summed E-state index contributed by atoms with van der Waals surface area (Å²) in [5, 5.41) is 3.64. The van der Waals surface area contributed by atoms with E-state index in [2.05, 4.69) is 10.2 Å². The minimum absolute atomic E-state index is 0.0949. The molecule has 2 fully saturated rings. The van der Waals surface area contributed by atoms with Crippen LogP contribution in [0.3, 0.4) is 0 Å². The van der Waals surface area contributed by atoms with Gasteiger partial charge in [-0.05, 0) is 78.0 Å². The van der Waals surface area contributed by atoms with Crippen molar-refractivity contribution in [1.29, 1.82) is 0 Å². The van der Waals surface area contributed by atoms with E-state index in [1.807, 2.05) is 13.8 Å². The Hall–Kier alpha value is -0.610.